The Morgan fingerprint density at radius 1 is 1.16 bits per heavy atom. The van der Waals surface area contributed by atoms with Gasteiger partial charge in [0, 0.05) is 17.8 Å². The van der Waals surface area contributed by atoms with E-state index < -0.39 is 0 Å². The quantitative estimate of drug-likeness (QED) is 0.819. The molecule has 0 radical (unpaired) electrons. The third-order valence-electron chi connectivity index (χ3n) is 4.32. The van der Waals surface area contributed by atoms with Gasteiger partial charge >= 0.3 is 0 Å². The Hall–Kier alpha value is -2.76. The maximum atomic E-state index is 12.4. The van der Waals surface area contributed by atoms with Crippen LogP contribution >= 0.6 is 0 Å². The average Bonchev–Trinajstić information content (AvgIpc) is 2.89. The summed E-state index contributed by atoms with van der Waals surface area (Å²) >= 11 is 0. The van der Waals surface area contributed by atoms with E-state index in [1.165, 1.54) is 6.92 Å². The summed E-state index contributed by atoms with van der Waals surface area (Å²) in [5, 5.41) is 2.89. The highest BCUT2D eigenvalue weighted by molar-refractivity contribution is 6.02. The number of carbonyl (C=O) groups is 2. The highest BCUT2D eigenvalue weighted by Crippen LogP contribution is 2.30. The number of carbonyl (C=O) groups excluding carboxylic acids is 2. The molecule has 6 heteroatoms. The number of ether oxygens (including phenoxy) is 2. The van der Waals surface area contributed by atoms with Gasteiger partial charge in [0.2, 0.25) is 0 Å². The fraction of sp³-hybridized carbons (Fsp3) is 0.368. The van der Waals surface area contributed by atoms with Crippen LogP contribution < -0.4 is 14.8 Å². The Labute approximate surface area is 146 Å². The van der Waals surface area contributed by atoms with Gasteiger partial charge in [0.25, 0.3) is 5.91 Å². The first kappa shape index (κ1) is 17.1. The highest BCUT2D eigenvalue weighted by atomic mass is 16.6. The molecule has 1 aliphatic heterocycles. The number of H-pyrrole nitrogens is 1. The molecule has 0 aliphatic carbocycles. The van der Waals surface area contributed by atoms with Crippen molar-refractivity contribution in [2.45, 2.75) is 27.2 Å². The number of hydrogen-bond donors (Lipinski definition) is 2. The monoisotopic (exact) mass is 342 g/mol. The minimum Gasteiger partial charge on any atom is -0.486 e. The van der Waals surface area contributed by atoms with Crippen molar-refractivity contribution in [2.75, 3.05) is 19.8 Å². The second kappa shape index (κ2) is 7.01. The summed E-state index contributed by atoms with van der Waals surface area (Å²) in [5.74, 6) is 1.26. The van der Waals surface area contributed by atoms with Gasteiger partial charge in [0.1, 0.15) is 18.9 Å². The van der Waals surface area contributed by atoms with Crippen LogP contribution in [0.3, 0.4) is 0 Å². The molecule has 25 heavy (non-hydrogen) atoms. The van der Waals surface area contributed by atoms with E-state index in [0.29, 0.717) is 43.0 Å². The Morgan fingerprint density at radius 2 is 1.88 bits per heavy atom. The summed E-state index contributed by atoms with van der Waals surface area (Å²) in [5.41, 5.74) is 3.53. The normalized spacial score (nSPS) is 12.8. The topological polar surface area (TPSA) is 80.4 Å². The molecule has 0 saturated heterocycles. The Morgan fingerprint density at radius 3 is 2.56 bits per heavy atom. The minimum atomic E-state index is -0.203. The SMILES string of the molecule is CC(=O)c1c(C)[nH]c(C(=O)NCCc2ccc3c(c2)OCCO3)c1C. The summed E-state index contributed by atoms with van der Waals surface area (Å²) in [6, 6.07) is 5.80. The van der Waals surface area contributed by atoms with E-state index in [2.05, 4.69) is 10.3 Å². The fourth-order valence-corrected chi connectivity index (χ4v) is 3.16. The molecule has 2 N–H and O–H groups in total. The van der Waals surface area contributed by atoms with Crippen molar-refractivity contribution in [3.63, 3.8) is 0 Å². The van der Waals surface area contributed by atoms with Gasteiger partial charge in [-0.2, -0.15) is 0 Å². The molecule has 0 saturated carbocycles. The molecule has 0 unspecified atom stereocenters. The van der Waals surface area contributed by atoms with Crippen LogP contribution in [0.2, 0.25) is 0 Å². The second-order valence-corrected chi connectivity index (χ2v) is 6.17. The predicted octanol–water partition coefficient (Wildman–Crippen LogP) is 2.58. The third-order valence-corrected chi connectivity index (χ3v) is 4.32. The molecule has 3 rings (SSSR count). The smallest absolute Gasteiger partial charge is 0.268 e. The van der Waals surface area contributed by atoms with Gasteiger partial charge in [-0.25, -0.2) is 0 Å². The Balaban J connectivity index is 1.62. The lowest BCUT2D eigenvalue weighted by Gasteiger charge is -2.18. The van der Waals surface area contributed by atoms with E-state index in [0.717, 1.165) is 22.8 Å². The molecular formula is C19H22N2O4. The van der Waals surface area contributed by atoms with Crippen LogP contribution in [0.15, 0.2) is 18.2 Å². The maximum absolute atomic E-state index is 12.4. The van der Waals surface area contributed by atoms with Crippen LogP contribution in [-0.2, 0) is 6.42 Å². The lowest BCUT2D eigenvalue weighted by Crippen LogP contribution is -2.26. The van der Waals surface area contributed by atoms with Crippen molar-refractivity contribution >= 4 is 11.7 Å². The molecule has 132 valence electrons. The number of ketones is 1. The van der Waals surface area contributed by atoms with Crippen LogP contribution in [0, 0.1) is 13.8 Å². The number of rotatable bonds is 5. The molecule has 1 aromatic heterocycles. The molecule has 0 fully saturated rings. The van der Waals surface area contributed by atoms with Gasteiger partial charge in [-0.3, -0.25) is 9.59 Å². The number of benzene rings is 1. The number of aromatic amines is 1. The predicted molar refractivity (Wildman–Crippen MR) is 93.7 cm³/mol. The molecule has 2 heterocycles. The largest absolute Gasteiger partial charge is 0.486 e. The van der Waals surface area contributed by atoms with Crippen molar-refractivity contribution in [3.05, 3.63) is 46.3 Å². The summed E-state index contributed by atoms with van der Waals surface area (Å²) in [7, 11) is 0. The summed E-state index contributed by atoms with van der Waals surface area (Å²) in [4.78, 5) is 27.1. The molecule has 2 aromatic rings. The lowest BCUT2D eigenvalue weighted by atomic mass is 10.1. The molecular weight excluding hydrogens is 320 g/mol. The van der Waals surface area contributed by atoms with E-state index in [-0.39, 0.29) is 11.7 Å². The number of hydrogen-bond acceptors (Lipinski definition) is 4. The zero-order valence-corrected chi connectivity index (χ0v) is 14.7. The molecule has 0 bridgehead atoms. The molecule has 0 atom stereocenters. The first-order valence-electron chi connectivity index (χ1n) is 8.34. The number of nitrogens with one attached hydrogen (secondary N) is 2. The van der Waals surface area contributed by atoms with Crippen molar-refractivity contribution < 1.29 is 19.1 Å². The summed E-state index contributed by atoms with van der Waals surface area (Å²) in [6.45, 7) is 6.71. The summed E-state index contributed by atoms with van der Waals surface area (Å²) in [6.07, 6.45) is 0.681. The van der Waals surface area contributed by atoms with Gasteiger partial charge in [-0.1, -0.05) is 6.07 Å². The summed E-state index contributed by atoms with van der Waals surface area (Å²) < 4.78 is 11.1. The highest BCUT2D eigenvalue weighted by Gasteiger charge is 2.19. The van der Waals surface area contributed by atoms with Crippen molar-refractivity contribution in [1.82, 2.24) is 10.3 Å². The number of aryl methyl sites for hydroxylation is 1. The number of amides is 1. The van der Waals surface area contributed by atoms with Crippen LogP contribution in [-0.4, -0.2) is 36.4 Å². The zero-order chi connectivity index (χ0) is 18.0. The number of Topliss-reactive ketones (excluding diaryl/α,β-unsaturated/α-hetero) is 1. The van der Waals surface area contributed by atoms with E-state index >= 15 is 0 Å². The Kier molecular flexibility index (Phi) is 4.79. The van der Waals surface area contributed by atoms with Gasteiger partial charge in [-0.15, -0.1) is 0 Å². The van der Waals surface area contributed by atoms with Crippen LogP contribution in [0.5, 0.6) is 11.5 Å². The molecule has 0 spiro atoms. The fourth-order valence-electron chi connectivity index (χ4n) is 3.16. The van der Waals surface area contributed by atoms with E-state index in [4.69, 9.17) is 9.47 Å². The Bertz CT molecular complexity index is 823. The number of fused-ring (bicyclic) bond motifs is 1. The maximum Gasteiger partial charge on any atom is 0.268 e. The first-order chi connectivity index (χ1) is 12.0. The van der Waals surface area contributed by atoms with Crippen LogP contribution in [0.4, 0.5) is 0 Å². The van der Waals surface area contributed by atoms with E-state index in [9.17, 15) is 9.59 Å². The average molecular weight is 342 g/mol. The molecule has 1 aliphatic rings. The lowest BCUT2D eigenvalue weighted by molar-refractivity contribution is 0.0948. The van der Waals surface area contributed by atoms with Gasteiger partial charge in [0.15, 0.2) is 17.3 Å². The van der Waals surface area contributed by atoms with Crippen molar-refractivity contribution in [1.29, 1.82) is 0 Å². The third kappa shape index (κ3) is 3.52. The van der Waals surface area contributed by atoms with Gasteiger partial charge in [-0.05, 0) is 50.5 Å². The van der Waals surface area contributed by atoms with Crippen LogP contribution in [0.1, 0.15) is 44.6 Å². The first-order valence-corrected chi connectivity index (χ1v) is 8.34. The molecule has 6 nitrogen and oxygen atoms in total. The van der Waals surface area contributed by atoms with E-state index in [1.807, 2.05) is 18.2 Å². The zero-order valence-electron chi connectivity index (χ0n) is 14.7. The standard InChI is InChI=1S/C19H22N2O4/c1-11-17(13(3)22)12(2)21-18(11)19(23)20-7-6-14-4-5-15-16(10-14)25-9-8-24-15/h4-5,10,21H,6-9H2,1-3H3,(H,20,23). The van der Waals surface area contributed by atoms with Gasteiger partial charge in [0.05, 0.1) is 0 Å². The minimum absolute atomic E-state index is 0.0402. The second-order valence-electron chi connectivity index (χ2n) is 6.17. The number of aromatic nitrogens is 1. The molecule has 1 amide bonds. The van der Waals surface area contributed by atoms with Crippen LogP contribution in [0.25, 0.3) is 0 Å². The molecule has 1 aromatic carbocycles. The van der Waals surface area contributed by atoms with Crippen molar-refractivity contribution in [3.8, 4) is 11.5 Å². The van der Waals surface area contributed by atoms with Gasteiger partial charge < -0.3 is 19.8 Å². The van der Waals surface area contributed by atoms with Crippen molar-refractivity contribution in [2.24, 2.45) is 0 Å². The van der Waals surface area contributed by atoms with E-state index in [1.54, 1.807) is 13.8 Å².